The first-order valence-corrected chi connectivity index (χ1v) is 10.5. The maximum absolute atomic E-state index is 14.6. The number of benzene rings is 2. The average molecular weight is 518 g/mol. The Kier molecular flexibility index (Phi) is 5.57. The van der Waals surface area contributed by atoms with Gasteiger partial charge in [-0.2, -0.15) is 0 Å². The summed E-state index contributed by atoms with van der Waals surface area (Å²) in [6, 6.07) is 4.48. The number of aromatic hydroxyl groups is 1. The minimum atomic E-state index is -2.52. The van der Waals surface area contributed by atoms with Crippen LogP contribution in [0, 0.1) is 36.0 Å². The van der Waals surface area contributed by atoms with Gasteiger partial charge >= 0.3 is 0 Å². The number of anilines is 1. The summed E-state index contributed by atoms with van der Waals surface area (Å²) in [7, 11) is 0. The normalized spacial score (nSPS) is 26.5. The van der Waals surface area contributed by atoms with E-state index in [0.29, 0.717) is 5.56 Å². The Morgan fingerprint density at radius 1 is 1.03 bits per heavy atom. The summed E-state index contributed by atoms with van der Waals surface area (Å²) in [6.45, 7) is 5.19. The number of hydrogen-bond acceptors (Lipinski definition) is 3. The van der Waals surface area contributed by atoms with Gasteiger partial charge in [0.15, 0.2) is 33.0 Å². The predicted octanol–water partition coefficient (Wildman–Crippen LogP) is 5.52. The number of aryl methyl sites for hydroxylation is 1. The van der Waals surface area contributed by atoms with E-state index in [0.717, 1.165) is 0 Å². The number of phenols is 1. The van der Waals surface area contributed by atoms with E-state index in [9.17, 15) is 36.6 Å². The van der Waals surface area contributed by atoms with Gasteiger partial charge in [0.2, 0.25) is 5.82 Å². The number of hydrogen-bond donors (Lipinski definition) is 1. The molecule has 1 heterocycles. The molecule has 2 amide bonds. The molecule has 178 valence electrons. The van der Waals surface area contributed by atoms with Crippen LogP contribution in [-0.2, 0) is 9.59 Å². The number of imide groups is 1. The summed E-state index contributed by atoms with van der Waals surface area (Å²) in [4.78, 5) is 21.8. The van der Waals surface area contributed by atoms with Crippen LogP contribution in [0.4, 0.5) is 27.6 Å². The van der Waals surface area contributed by atoms with Gasteiger partial charge in [0.05, 0.1) is 0 Å². The van der Waals surface area contributed by atoms with E-state index in [1.54, 1.807) is 13.0 Å². The zero-order valence-electron chi connectivity index (χ0n) is 17.2. The first kappa shape index (κ1) is 24.2. The zero-order valence-corrected chi connectivity index (χ0v) is 18.7. The highest BCUT2D eigenvalue weighted by atomic mass is 35.5. The van der Waals surface area contributed by atoms with Crippen LogP contribution in [0.2, 0.25) is 0 Å². The molecule has 1 aliphatic heterocycles. The number of allylic oxidation sites excluding steroid dienone is 3. The third-order valence-corrected chi connectivity index (χ3v) is 7.62. The number of halogens is 7. The first-order chi connectivity index (χ1) is 15.8. The Hall–Kier alpha value is -2.91. The molecule has 4 rings (SSSR count). The Morgan fingerprint density at radius 2 is 1.59 bits per heavy atom. The molecule has 3 atom stereocenters. The lowest BCUT2D eigenvalue weighted by atomic mass is 9.68. The summed E-state index contributed by atoms with van der Waals surface area (Å²) in [5.41, 5.74) is -1.10. The van der Waals surface area contributed by atoms with Crippen molar-refractivity contribution in [2.45, 2.75) is 29.0 Å². The smallest absolute Gasteiger partial charge is 0.258 e. The van der Waals surface area contributed by atoms with E-state index in [4.69, 9.17) is 23.2 Å². The monoisotopic (exact) mass is 517 g/mol. The second-order valence-corrected chi connectivity index (χ2v) is 9.18. The molecular weight excluding hydrogens is 504 g/mol. The highest BCUT2D eigenvalue weighted by Gasteiger charge is 2.74. The predicted molar refractivity (Wildman–Crippen MR) is 114 cm³/mol. The summed E-state index contributed by atoms with van der Waals surface area (Å²) in [5, 5.41) is 10.7. The summed E-state index contributed by atoms with van der Waals surface area (Å²) < 4.78 is 70.5. The molecule has 1 N–H and O–H groups in total. The zero-order chi connectivity index (χ0) is 25.3. The fourth-order valence-corrected chi connectivity index (χ4v) is 5.29. The molecule has 11 heteroatoms. The third kappa shape index (κ3) is 2.83. The van der Waals surface area contributed by atoms with Crippen LogP contribution in [-0.4, -0.2) is 26.7 Å². The number of fused-ring (bicyclic) bond motifs is 1. The van der Waals surface area contributed by atoms with Crippen LogP contribution in [0.15, 0.2) is 42.5 Å². The van der Waals surface area contributed by atoms with Crippen LogP contribution < -0.4 is 4.90 Å². The van der Waals surface area contributed by atoms with E-state index in [-0.39, 0.29) is 21.8 Å². The lowest BCUT2D eigenvalue weighted by Crippen LogP contribution is -2.54. The molecule has 0 saturated carbocycles. The van der Waals surface area contributed by atoms with Crippen LogP contribution in [0.5, 0.6) is 5.75 Å². The Balaban J connectivity index is 2.02. The second-order valence-electron chi connectivity index (χ2n) is 7.94. The molecule has 0 spiro atoms. The molecule has 1 saturated heterocycles. The summed E-state index contributed by atoms with van der Waals surface area (Å²) >= 11 is 13.3. The van der Waals surface area contributed by atoms with Gasteiger partial charge in [-0.15, -0.1) is 23.2 Å². The molecule has 34 heavy (non-hydrogen) atoms. The molecule has 0 radical (unpaired) electrons. The lowest BCUT2D eigenvalue weighted by molar-refractivity contribution is -0.122. The van der Waals surface area contributed by atoms with E-state index in [1.165, 1.54) is 24.3 Å². The topological polar surface area (TPSA) is 57.6 Å². The van der Waals surface area contributed by atoms with Crippen molar-refractivity contribution in [3.63, 3.8) is 0 Å². The maximum atomic E-state index is 14.6. The van der Waals surface area contributed by atoms with Crippen molar-refractivity contribution in [3.05, 3.63) is 82.7 Å². The van der Waals surface area contributed by atoms with Crippen molar-refractivity contribution in [1.29, 1.82) is 0 Å². The Bertz CT molecular complexity index is 1300. The number of carbonyl (C=O) groups is 2. The SMILES string of the molecule is C=CC1=CCC2(Cl)C(=O)N(c3c(F)c(F)c(F)c(F)c3F)C(=O)C2(Cl)C1c1cccc(C)c1O. The quantitative estimate of drug-likeness (QED) is 0.191. The highest BCUT2D eigenvalue weighted by Crippen LogP contribution is 2.61. The van der Waals surface area contributed by atoms with Crippen LogP contribution in [0.25, 0.3) is 0 Å². The Labute approximate surface area is 199 Å². The highest BCUT2D eigenvalue weighted by molar-refractivity contribution is 6.58. The minimum absolute atomic E-state index is 0.0475. The van der Waals surface area contributed by atoms with Gasteiger partial charge in [-0.1, -0.05) is 36.9 Å². The molecule has 2 aliphatic rings. The second kappa shape index (κ2) is 7.81. The number of rotatable bonds is 3. The van der Waals surface area contributed by atoms with Crippen molar-refractivity contribution in [2.24, 2.45) is 0 Å². The summed E-state index contributed by atoms with van der Waals surface area (Å²) in [5.74, 6) is -16.6. The molecule has 3 unspecified atom stereocenters. The average Bonchev–Trinajstić information content (AvgIpc) is 2.96. The molecule has 1 aliphatic carbocycles. The number of phenolic OH excluding ortho intramolecular Hbond substituents is 1. The molecule has 4 nitrogen and oxygen atoms in total. The van der Waals surface area contributed by atoms with Crippen LogP contribution >= 0.6 is 23.2 Å². The largest absolute Gasteiger partial charge is 0.507 e. The van der Waals surface area contributed by atoms with Crippen molar-refractivity contribution in [1.82, 2.24) is 0 Å². The van der Waals surface area contributed by atoms with Gasteiger partial charge in [-0.3, -0.25) is 9.59 Å². The number of nitrogens with zero attached hydrogens (tertiary/aromatic N) is 1. The summed E-state index contributed by atoms with van der Waals surface area (Å²) in [6.07, 6.45) is 2.27. The number of alkyl halides is 2. The van der Waals surface area contributed by atoms with Gasteiger partial charge in [-0.25, -0.2) is 26.9 Å². The molecule has 1 fully saturated rings. The van der Waals surface area contributed by atoms with Gasteiger partial charge in [0.25, 0.3) is 11.8 Å². The van der Waals surface area contributed by atoms with Gasteiger partial charge in [-0.05, 0) is 24.5 Å². The third-order valence-electron chi connectivity index (χ3n) is 6.21. The van der Waals surface area contributed by atoms with E-state index < -0.39 is 68.7 Å². The van der Waals surface area contributed by atoms with Crippen molar-refractivity contribution in [2.75, 3.05) is 4.90 Å². The number of amides is 2. The molecular formula is C23H14Cl2F5NO3. The molecule has 2 aromatic rings. The van der Waals surface area contributed by atoms with E-state index >= 15 is 0 Å². The van der Waals surface area contributed by atoms with Crippen molar-refractivity contribution < 1.29 is 36.6 Å². The fourth-order valence-electron chi connectivity index (χ4n) is 4.45. The van der Waals surface area contributed by atoms with E-state index in [2.05, 4.69) is 6.58 Å². The molecule has 0 aromatic heterocycles. The van der Waals surface area contributed by atoms with Gasteiger partial charge in [0, 0.05) is 11.5 Å². The lowest BCUT2D eigenvalue weighted by Gasteiger charge is -2.42. The van der Waals surface area contributed by atoms with Gasteiger partial charge in [0.1, 0.15) is 11.4 Å². The van der Waals surface area contributed by atoms with Crippen molar-refractivity contribution >= 4 is 40.7 Å². The Morgan fingerprint density at radius 3 is 2.15 bits per heavy atom. The van der Waals surface area contributed by atoms with Gasteiger partial charge < -0.3 is 5.11 Å². The van der Waals surface area contributed by atoms with Crippen molar-refractivity contribution in [3.8, 4) is 5.75 Å². The van der Waals surface area contributed by atoms with Crippen LogP contribution in [0.3, 0.4) is 0 Å². The molecule has 0 bridgehead atoms. The first-order valence-electron chi connectivity index (χ1n) is 9.73. The maximum Gasteiger partial charge on any atom is 0.258 e. The number of para-hydroxylation sites is 1. The van der Waals surface area contributed by atoms with E-state index in [1.807, 2.05) is 0 Å². The standard InChI is InChI=1S/C23H14Cl2F5NO3/c1-3-10-7-8-22(24)20(33)31(18-16(29)14(27)13(26)15(28)17(18)30)21(34)23(22,25)12(10)11-6-4-5-9(2)19(11)32/h3-7,12,32H,1,8H2,2H3. The minimum Gasteiger partial charge on any atom is -0.507 e. The number of carbonyl (C=O) groups excluding carboxylic acids is 2. The molecule has 2 aromatic carbocycles. The fraction of sp³-hybridized carbons (Fsp3) is 0.217. The van der Waals surface area contributed by atoms with Crippen LogP contribution in [0.1, 0.15) is 23.5 Å².